The molecule has 28 heavy (non-hydrogen) atoms. The molecule has 1 aromatic heterocycles. The molecule has 0 bridgehead atoms. The van der Waals surface area contributed by atoms with Gasteiger partial charge in [-0.2, -0.15) is 5.10 Å². The first-order valence-electron chi connectivity index (χ1n) is 9.28. The third-order valence-electron chi connectivity index (χ3n) is 5.35. The molecule has 0 unspecified atom stereocenters. The summed E-state index contributed by atoms with van der Waals surface area (Å²) in [6.45, 7) is 0.670. The van der Waals surface area contributed by atoms with E-state index in [0.29, 0.717) is 19.5 Å². The summed E-state index contributed by atoms with van der Waals surface area (Å²) in [5, 5.41) is 7.06. The van der Waals surface area contributed by atoms with Crippen molar-refractivity contribution >= 4 is 21.7 Å². The van der Waals surface area contributed by atoms with Crippen molar-refractivity contribution in [2.24, 2.45) is 5.92 Å². The van der Waals surface area contributed by atoms with Crippen LogP contribution in [0.2, 0.25) is 0 Å². The van der Waals surface area contributed by atoms with Crippen LogP contribution in [0.5, 0.6) is 0 Å². The molecule has 8 nitrogen and oxygen atoms in total. The molecule has 2 aromatic rings. The molecule has 2 atom stereocenters. The minimum atomic E-state index is -3.06. The largest absolute Gasteiger partial charge is 0.352 e. The smallest absolute Gasteiger partial charge is 0.225 e. The lowest BCUT2D eigenvalue weighted by Crippen LogP contribution is -2.39. The summed E-state index contributed by atoms with van der Waals surface area (Å²) in [7, 11) is -3.06. The zero-order valence-electron chi connectivity index (χ0n) is 15.3. The Balaban J connectivity index is 1.31. The molecule has 2 aliphatic rings. The molecule has 148 valence electrons. The zero-order chi connectivity index (χ0) is 19.7. The third-order valence-corrected chi connectivity index (χ3v) is 7.10. The summed E-state index contributed by atoms with van der Waals surface area (Å²) in [5.41, 5.74) is 1.89. The van der Waals surface area contributed by atoms with E-state index in [4.69, 9.17) is 0 Å². The van der Waals surface area contributed by atoms with Crippen molar-refractivity contribution in [2.75, 3.05) is 18.1 Å². The maximum atomic E-state index is 12.5. The number of nitrogens with one attached hydrogen (secondary N) is 1. The summed E-state index contributed by atoms with van der Waals surface area (Å²) in [6.07, 6.45) is 4.17. The number of likely N-dealkylation sites (tertiary alicyclic amines) is 1. The highest BCUT2D eigenvalue weighted by Crippen LogP contribution is 2.26. The number of hydrogen-bond acceptors (Lipinski definition) is 5. The highest BCUT2D eigenvalue weighted by Gasteiger charge is 2.41. The van der Waals surface area contributed by atoms with Crippen LogP contribution in [0.3, 0.4) is 0 Å². The Morgan fingerprint density at radius 2 is 2.04 bits per heavy atom. The van der Waals surface area contributed by atoms with Crippen LogP contribution >= 0.6 is 0 Å². The number of sulfone groups is 1. The predicted molar refractivity (Wildman–Crippen MR) is 102 cm³/mol. The Bertz CT molecular complexity index is 970. The number of benzene rings is 1. The van der Waals surface area contributed by atoms with Gasteiger partial charge in [0, 0.05) is 37.9 Å². The van der Waals surface area contributed by atoms with Crippen molar-refractivity contribution in [2.45, 2.75) is 25.4 Å². The number of amides is 2. The van der Waals surface area contributed by atoms with Gasteiger partial charge in [-0.1, -0.05) is 12.1 Å². The highest BCUT2D eigenvalue weighted by atomic mass is 32.2. The second-order valence-corrected chi connectivity index (χ2v) is 9.57. The van der Waals surface area contributed by atoms with Crippen molar-refractivity contribution in [3.63, 3.8) is 0 Å². The summed E-state index contributed by atoms with van der Waals surface area (Å²) < 4.78 is 25.1. The second-order valence-electron chi connectivity index (χ2n) is 7.34. The van der Waals surface area contributed by atoms with Crippen LogP contribution in [-0.4, -0.2) is 59.0 Å². The lowest BCUT2D eigenvalue weighted by molar-refractivity contribution is -0.130. The first kappa shape index (κ1) is 18.7. The van der Waals surface area contributed by atoms with Crippen LogP contribution in [0.15, 0.2) is 42.7 Å². The number of hydrogen-bond donors (Lipinski definition) is 1. The van der Waals surface area contributed by atoms with Crippen LogP contribution < -0.4 is 5.32 Å². The fourth-order valence-electron chi connectivity index (χ4n) is 3.80. The van der Waals surface area contributed by atoms with Gasteiger partial charge < -0.3 is 10.2 Å². The molecule has 1 aromatic carbocycles. The SMILES string of the molecule is O=C(NCc1ccc(-n2cccn2)cc1)[C@@H]1CC(=O)N([C@H]2CCS(=O)(=O)C2)C1. The van der Waals surface area contributed by atoms with Gasteiger partial charge in [-0.05, 0) is 30.2 Å². The number of carbonyl (C=O) groups excluding carboxylic acids is 2. The van der Waals surface area contributed by atoms with Crippen molar-refractivity contribution in [3.8, 4) is 5.69 Å². The molecule has 2 saturated heterocycles. The van der Waals surface area contributed by atoms with E-state index in [1.165, 1.54) is 0 Å². The van der Waals surface area contributed by atoms with E-state index in [0.717, 1.165) is 11.3 Å². The van der Waals surface area contributed by atoms with Crippen molar-refractivity contribution < 1.29 is 18.0 Å². The molecule has 9 heteroatoms. The lowest BCUT2D eigenvalue weighted by atomic mass is 10.1. The Morgan fingerprint density at radius 1 is 1.25 bits per heavy atom. The van der Waals surface area contributed by atoms with Gasteiger partial charge in [0.25, 0.3) is 0 Å². The van der Waals surface area contributed by atoms with E-state index >= 15 is 0 Å². The summed E-state index contributed by atoms with van der Waals surface area (Å²) in [4.78, 5) is 26.3. The first-order chi connectivity index (χ1) is 13.4. The van der Waals surface area contributed by atoms with E-state index in [2.05, 4.69) is 10.4 Å². The fourth-order valence-corrected chi connectivity index (χ4v) is 5.53. The maximum Gasteiger partial charge on any atom is 0.225 e. The molecule has 3 heterocycles. The molecule has 1 N–H and O–H groups in total. The molecule has 0 aliphatic carbocycles. The monoisotopic (exact) mass is 402 g/mol. The van der Waals surface area contributed by atoms with Gasteiger partial charge in [-0.3, -0.25) is 9.59 Å². The minimum Gasteiger partial charge on any atom is -0.352 e. The number of rotatable bonds is 5. The molecule has 0 saturated carbocycles. The molecule has 4 rings (SSSR count). The lowest BCUT2D eigenvalue weighted by Gasteiger charge is -2.22. The Hall–Kier alpha value is -2.68. The van der Waals surface area contributed by atoms with Crippen molar-refractivity contribution in [3.05, 3.63) is 48.3 Å². The summed E-state index contributed by atoms with van der Waals surface area (Å²) in [6, 6.07) is 9.26. The van der Waals surface area contributed by atoms with Crippen molar-refractivity contribution in [1.82, 2.24) is 20.0 Å². The average molecular weight is 402 g/mol. The summed E-state index contributed by atoms with van der Waals surface area (Å²) in [5.74, 6) is -0.611. The van der Waals surface area contributed by atoms with Gasteiger partial charge in [0.1, 0.15) is 0 Å². The third kappa shape index (κ3) is 3.94. The normalized spacial score (nSPS) is 23.9. The zero-order valence-corrected chi connectivity index (χ0v) is 16.1. The molecular formula is C19H22N4O4S. The van der Waals surface area contributed by atoms with Crippen LogP contribution in [0, 0.1) is 5.92 Å². The minimum absolute atomic E-state index is 0.00960. The van der Waals surface area contributed by atoms with E-state index < -0.39 is 15.8 Å². The van der Waals surface area contributed by atoms with E-state index in [-0.39, 0.29) is 35.8 Å². The fraction of sp³-hybridized carbons (Fsp3) is 0.421. The maximum absolute atomic E-state index is 12.5. The Kier molecular flexibility index (Phi) is 4.92. The second kappa shape index (κ2) is 7.38. The van der Waals surface area contributed by atoms with Crippen LogP contribution in [0.25, 0.3) is 5.69 Å². The van der Waals surface area contributed by atoms with E-state index in [1.54, 1.807) is 15.8 Å². The Morgan fingerprint density at radius 3 is 2.68 bits per heavy atom. The quantitative estimate of drug-likeness (QED) is 0.786. The predicted octanol–water partition coefficient (Wildman–Crippen LogP) is 0.524. The van der Waals surface area contributed by atoms with Gasteiger partial charge >= 0.3 is 0 Å². The molecule has 2 amide bonds. The highest BCUT2D eigenvalue weighted by molar-refractivity contribution is 7.91. The number of nitrogens with zero attached hydrogens (tertiary/aromatic N) is 3. The molecule has 2 aliphatic heterocycles. The first-order valence-corrected chi connectivity index (χ1v) is 11.1. The average Bonchev–Trinajstić information content (AvgIpc) is 3.40. The molecular weight excluding hydrogens is 380 g/mol. The van der Waals surface area contributed by atoms with Gasteiger partial charge in [-0.15, -0.1) is 0 Å². The molecule has 2 fully saturated rings. The number of carbonyl (C=O) groups is 2. The van der Waals surface area contributed by atoms with Crippen LogP contribution in [-0.2, 0) is 26.0 Å². The summed E-state index contributed by atoms with van der Waals surface area (Å²) >= 11 is 0. The van der Waals surface area contributed by atoms with Crippen LogP contribution in [0.4, 0.5) is 0 Å². The van der Waals surface area contributed by atoms with E-state index in [9.17, 15) is 18.0 Å². The Labute approximate surface area is 163 Å². The van der Waals surface area contributed by atoms with E-state index in [1.807, 2.05) is 36.5 Å². The van der Waals surface area contributed by atoms with Crippen LogP contribution in [0.1, 0.15) is 18.4 Å². The van der Waals surface area contributed by atoms with Gasteiger partial charge in [0.05, 0.1) is 23.1 Å². The van der Waals surface area contributed by atoms with Gasteiger partial charge in [0.15, 0.2) is 9.84 Å². The standard InChI is InChI=1S/C19H22N4O4S/c24-18-10-15(12-22(18)17-6-9-28(26,27)13-17)19(25)20-11-14-2-4-16(5-3-14)23-8-1-7-21-23/h1-5,7-8,15,17H,6,9-13H2,(H,20,25)/t15-,17+/m1/s1. The molecule has 0 spiro atoms. The molecule has 0 radical (unpaired) electrons. The van der Waals surface area contributed by atoms with Crippen molar-refractivity contribution in [1.29, 1.82) is 0 Å². The number of aromatic nitrogens is 2. The van der Waals surface area contributed by atoms with Gasteiger partial charge in [-0.25, -0.2) is 13.1 Å². The van der Waals surface area contributed by atoms with Gasteiger partial charge in [0.2, 0.25) is 11.8 Å². The topological polar surface area (TPSA) is 101 Å².